The molecule has 2 aromatic carbocycles. The lowest BCUT2D eigenvalue weighted by atomic mass is 10.3. The fourth-order valence-electron chi connectivity index (χ4n) is 1.77. The summed E-state index contributed by atoms with van der Waals surface area (Å²) < 4.78 is 1.13. The predicted octanol–water partition coefficient (Wildman–Crippen LogP) is 4.65. The van der Waals surface area contributed by atoms with Crippen molar-refractivity contribution in [2.24, 2.45) is 0 Å². The number of nitriles is 1. The van der Waals surface area contributed by atoms with E-state index in [1.165, 1.54) is 0 Å². The summed E-state index contributed by atoms with van der Waals surface area (Å²) in [5.41, 5.74) is 0.969. The van der Waals surface area contributed by atoms with Crippen LogP contribution in [0.5, 0.6) is 0 Å². The zero-order valence-corrected chi connectivity index (χ0v) is 11.6. The maximum Gasteiger partial charge on any atom is 0.148 e. The zero-order chi connectivity index (χ0) is 13.1. The van der Waals surface area contributed by atoms with Gasteiger partial charge in [0.05, 0.1) is 16.3 Å². The van der Waals surface area contributed by atoms with Crippen LogP contribution in [0.1, 0.15) is 10.3 Å². The maximum atomic E-state index is 9.36. The van der Waals surface area contributed by atoms with E-state index in [-0.39, 0.29) is 5.25 Å². The van der Waals surface area contributed by atoms with Crippen molar-refractivity contribution in [2.45, 2.75) is 10.1 Å². The van der Waals surface area contributed by atoms with E-state index in [9.17, 15) is 5.26 Å². The number of benzene rings is 2. The molecule has 0 aliphatic rings. The van der Waals surface area contributed by atoms with Crippen LogP contribution in [0.25, 0.3) is 10.2 Å². The van der Waals surface area contributed by atoms with Crippen molar-refractivity contribution >= 4 is 33.3 Å². The topological polar surface area (TPSA) is 36.7 Å². The van der Waals surface area contributed by atoms with E-state index in [2.05, 4.69) is 11.1 Å². The number of rotatable bonds is 3. The second-order valence-corrected chi connectivity index (χ2v) is 6.20. The molecule has 0 amide bonds. The highest BCUT2D eigenvalue weighted by Crippen LogP contribution is 2.37. The van der Waals surface area contributed by atoms with Crippen molar-refractivity contribution in [2.75, 3.05) is 0 Å². The fraction of sp³-hybridized carbons (Fsp3) is 0.0667. The molecule has 92 valence electrons. The summed E-state index contributed by atoms with van der Waals surface area (Å²) in [5.74, 6) is 0. The molecule has 1 heterocycles. The van der Waals surface area contributed by atoms with Crippen LogP contribution in [0, 0.1) is 11.3 Å². The van der Waals surface area contributed by atoms with E-state index in [1.807, 2.05) is 54.6 Å². The SMILES string of the molecule is N#CC(Sc1ccccc1)c1nc2ccccc2s1. The number of thiazole rings is 1. The highest BCUT2D eigenvalue weighted by molar-refractivity contribution is 7.99. The van der Waals surface area contributed by atoms with Gasteiger partial charge in [0.2, 0.25) is 0 Å². The van der Waals surface area contributed by atoms with Crippen LogP contribution < -0.4 is 0 Å². The molecule has 3 aromatic rings. The first-order chi connectivity index (χ1) is 9.36. The van der Waals surface area contributed by atoms with Crippen LogP contribution in [0.3, 0.4) is 0 Å². The second kappa shape index (κ2) is 5.43. The zero-order valence-electron chi connectivity index (χ0n) is 9.98. The van der Waals surface area contributed by atoms with E-state index < -0.39 is 0 Å². The van der Waals surface area contributed by atoms with Crippen molar-refractivity contribution in [3.8, 4) is 6.07 Å². The van der Waals surface area contributed by atoms with Crippen LogP contribution in [0.2, 0.25) is 0 Å². The predicted molar refractivity (Wildman–Crippen MR) is 80.3 cm³/mol. The molecule has 0 aliphatic carbocycles. The number of hydrogen-bond donors (Lipinski definition) is 0. The normalized spacial score (nSPS) is 12.2. The summed E-state index contributed by atoms with van der Waals surface area (Å²) in [7, 11) is 0. The lowest BCUT2D eigenvalue weighted by molar-refractivity contribution is 1.18. The Morgan fingerprint density at radius 2 is 1.79 bits per heavy atom. The van der Waals surface area contributed by atoms with Crippen LogP contribution in [0.15, 0.2) is 59.5 Å². The van der Waals surface area contributed by atoms with Crippen LogP contribution in [-0.2, 0) is 0 Å². The molecule has 3 rings (SSSR count). The molecule has 0 spiro atoms. The molecule has 1 unspecified atom stereocenters. The molecule has 1 atom stereocenters. The summed E-state index contributed by atoms with van der Waals surface area (Å²) in [6.45, 7) is 0. The molecule has 0 aliphatic heterocycles. The van der Waals surface area contributed by atoms with Gasteiger partial charge in [-0.2, -0.15) is 5.26 Å². The second-order valence-electron chi connectivity index (χ2n) is 3.96. The van der Waals surface area contributed by atoms with Crippen molar-refractivity contribution in [3.63, 3.8) is 0 Å². The van der Waals surface area contributed by atoms with Gasteiger partial charge in [0.25, 0.3) is 0 Å². The first-order valence-corrected chi connectivity index (χ1v) is 7.53. The van der Waals surface area contributed by atoms with Crippen molar-refractivity contribution in [1.29, 1.82) is 5.26 Å². The minimum atomic E-state index is -0.250. The maximum absolute atomic E-state index is 9.36. The van der Waals surface area contributed by atoms with Crippen LogP contribution in [0.4, 0.5) is 0 Å². The number of nitrogens with zero attached hydrogens (tertiary/aromatic N) is 2. The Kier molecular flexibility index (Phi) is 3.49. The monoisotopic (exact) mass is 282 g/mol. The summed E-state index contributed by atoms with van der Waals surface area (Å²) in [6, 6.07) is 20.3. The van der Waals surface area contributed by atoms with E-state index >= 15 is 0 Å². The van der Waals surface area contributed by atoms with E-state index in [4.69, 9.17) is 0 Å². The molecule has 2 nitrogen and oxygen atoms in total. The first kappa shape index (κ1) is 12.2. The van der Waals surface area contributed by atoms with Gasteiger partial charge in [-0.25, -0.2) is 4.98 Å². The Balaban J connectivity index is 1.92. The fourth-order valence-corrected chi connectivity index (χ4v) is 3.74. The number of aromatic nitrogens is 1. The van der Waals surface area contributed by atoms with Crippen LogP contribution >= 0.6 is 23.1 Å². The average molecular weight is 282 g/mol. The van der Waals surface area contributed by atoms with Crippen LogP contribution in [-0.4, -0.2) is 4.98 Å². The molecule has 0 fully saturated rings. The Hall–Kier alpha value is -1.83. The van der Waals surface area contributed by atoms with Gasteiger partial charge in [0.15, 0.2) is 0 Å². The summed E-state index contributed by atoms with van der Waals surface area (Å²) in [5, 5.41) is 9.98. The molecule has 1 aromatic heterocycles. The first-order valence-electron chi connectivity index (χ1n) is 5.83. The number of thioether (sulfide) groups is 1. The Labute approximate surface area is 119 Å². The Morgan fingerprint density at radius 1 is 1.05 bits per heavy atom. The quantitative estimate of drug-likeness (QED) is 0.656. The lowest BCUT2D eigenvalue weighted by Gasteiger charge is -2.04. The highest BCUT2D eigenvalue weighted by Gasteiger charge is 2.16. The molecule has 19 heavy (non-hydrogen) atoms. The van der Waals surface area contributed by atoms with Gasteiger partial charge in [-0.3, -0.25) is 0 Å². The van der Waals surface area contributed by atoms with Gasteiger partial charge in [-0.15, -0.1) is 11.3 Å². The number of para-hydroxylation sites is 1. The molecule has 4 heteroatoms. The van der Waals surface area contributed by atoms with Gasteiger partial charge in [0, 0.05) is 4.90 Å². The smallest absolute Gasteiger partial charge is 0.148 e. The molecular weight excluding hydrogens is 272 g/mol. The van der Waals surface area contributed by atoms with E-state index in [0.717, 1.165) is 20.1 Å². The van der Waals surface area contributed by atoms with Crippen molar-refractivity contribution in [1.82, 2.24) is 4.98 Å². The van der Waals surface area contributed by atoms with Gasteiger partial charge in [-0.1, -0.05) is 42.1 Å². The third-order valence-electron chi connectivity index (χ3n) is 2.65. The van der Waals surface area contributed by atoms with Crippen molar-refractivity contribution < 1.29 is 0 Å². The Morgan fingerprint density at radius 3 is 2.53 bits per heavy atom. The standard InChI is InChI=1S/C15H10N2S2/c16-10-14(18-11-6-2-1-3-7-11)15-17-12-8-4-5-9-13(12)19-15/h1-9,14H. The van der Waals surface area contributed by atoms with E-state index in [0.29, 0.717) is 0 Å². The summed E-state index contributed by atoms with van der Waals surface area (Å²) in [6.07, 6.45) is 0. The van der Waals surface area contributed by atoms with Gasteiger partial charge in [0.1, 0.15) is 10.3 Å². The molecular formula is C15H10N2S2. The highest BCUT2D eigenvalue weighted by atomic mass is 32.2. The molecule has 0 saturated heterocycles. The average Bonchev–Trinajstić information content (AvgIpc) is 2.89. The Bertz CT molecular complexity index is 695. The van der Waals surface area contributed by atoms with Gasteiger partial charge in [-0.05, 0) is 24.3 Å². The third-order valence-corrected chi connectivity index (χ3v) is 5.01. The third kappa shape index (κ3) is 2.62. The molecule has 0 bridgehead atoms. The van der Waals surface area contributed by atoms with Gasteiger partial charge < -0.3 is 0 Å². The minimum Gasteiger partial charge on any atom is -0.239 e. The molecule has 0 radical (unpaired) electrons. The lowest BCUT2D eigenvalue weighted by Crippen LogP contribution is -1.88. The van der Waals surface area contributed by atoms with Crippen molar-refractivity contribution in [3.05, 3.63) is 59.6 Å². The minimum absolute atomic E-state index is 0.250. The summed E-state index contributed by atoms with van der Waals surface area (Å²) >= 11 is 3.14. The largest absolute Gasteiger partial charge is 0.239 e. The molecule has 0 saturated carbocycles. The number of fused-ring (bicyclic) bond motifs is 1. The molecule has 0 N–H and O–H groups in total. The number of hydrogen-bond acceptors (Lipinski definition) is 4. The van der Waals surface area contributed by atoms with Gasteiger partial charge >= 0.3 is 0 Å². The van der Waals surface area contributed by atoms with E-state index in [1.54, 1.807) is 23.1 Å². The summed E-state index contributed by atoms with van der Waals surface area (Å²) in [4.78, 5) is 5.65.